The van der Waals surface area contributed by atoms with Crippen molar-refractivity contribution < 1.29 is 19.4 Å². The summed E-state index contributed by atoms with van der Waals surface area (Å²) < 4.78 is 11.3. The van der Waals surface area contributed by atoms with Gasteiger partial charge in [-0.15, -0.1) is 0 Å². The first-order valence-electron chi connectivity index (χ1n) is 7.82. The zero-order chi connectivity index (χ0) is 17.3. The van der Waals surface area contributed by atoms with Gasteiger partial charge in [-0.3, -0.25) is 0 Å². The summed E-state index contributed by atoms with van der Waals surface area (Å²) in [4.78, 5) is 11.2. The summed E-state index contributed by atoms with van der Waals surface area (Å²) in [6.07, 6.45) is -1.03. The van der Waals surface area contributed by atoms with Gasteiger partial charge in [-0.2, -0.15) is 0 Å². The van der Waals surface area contributed by atoms with Crippen molar-refractivity contribution >= 4 is 6.09 Å². The van der Waals surface area contributed by atoms with Crippen LogP contribution in [-0.2, 0) is 0 Å². The topological polar surface area (TPSA) is 67.8 Å². The summed E-state index contributed by atoms with van der Waals surface area (Å²) in [5.74, 6) is 1.49. The third kappa shape index (κ3) is 2.89. The van der Waals surface area contributed by atoms with E-state index in [1.54, 1.807) is 7.11 Å². The standard InChI is InChI=1S/C19H21NO4/c1-19(2)11-24-16-10-12(13-6-4-5-7-15(13)23-3)8-9-14(16)17(19)20-18(21)22/h4-10,17,20H,11H2,1-3H3,(H,21,22). The summed E-state index contributed by atoms with van der Waals surface area (Å²) in [6, 6.07) is 13.3. The molecule has 1 heterocycles. The van der Waals surface area contributed by atoms with Crippen LogP contribution < -0.4 is 14.8 Å². The van der Waals surface area contributed by atoms with Crippen LogP contribution in [0.25, 0.3) is 11.1 Å². The van der Waals surface area contributed by atoms with Crippen LogP contribution in [0, 0.1) is 5.41 Å². The molecule has 0 bridgehead atoms. The van der Waals surface area contributed by atoms with E-state index >= 15 is 0 Å². The van der Waals surface area contributed by atoms with Gasteiger partial charge in [0.2, 0.25) is 0 Å². The summed E-state index contributed by atoms with van der Waals surface area (Å²) >= 11 is 0. The quantitative estimate of drug-likeness (QED) is 0.891. The molecule has 0 saturated heterocycles. The summed E-state index contributed by atoms with van der Waals surface area (Å²) in [5, 5.41) is 11.8. The van der Waals surface area contributed by atoms with Gasteiger partial charge in [-0.25, -0.2) is 4.79 Å². The van der Waals surface area contributed by atoms with Crippen LogP contribution >= 0.6 is 0 Å². The molecule has 0 fully saturated rings. The fraction of sp³-hybridized carbons (Fsp3) is 0.316. The minimum absolute atomic E-state index is 0.314. The first kappa shape index (κ1) is 16.2. The van der Waals surface area contributed by atoms with Crippen molar-refractivity contribution in [3.63, 3.8) is 0 Å². The van der Waals surface area contributed by atoms with E-state index in [0.29, 0.717) is 12.4 Å². The van der Waals surface area contributed by atoms with Gasteiger partial charge in [-0.05, 0) is 17.7 Å². The van der Waals surface area contributed by atoms with Crippen molar-refractivity contribution in [2.24, 2.45) is 5.41 Å². The molecule has 3 rings (SSSR count). The second-order valence-electron chi connectivity index (χ2n) is 6.61. The van der Waals surface area contributed by atoms with E-state index in [-0.39, 0.29) is 11.5 Å². The van der Waals surface area contributed by atoms with E-state index in [4.69, 9.17) is 14.6 Å². The number of carbonyl (C=O) groups is 1. The molecular formula is C19H21NO4. The van der Waals surface area contributed by atoms with E-state index in [1.807, 2.05) is 56.3 Å². The number of hydrogen-bond acceptors (Lipinski definition) is 3. The molecule has 0 aliphatic carbocycles. The molecule has 1 atom stereocenters. The average molecular weight is 327 g/mol. The first-order valence-corrected chi connectivity index (χ1v) is 7.82. The van der Waals surface area contributed by atoms with Crippen LogP contribution in [0.4, 0.5) is 4.79 Å². The lowest BCUT2D eigenvalue weighted by atomic mass is 9.78. The van der Waals surface area contributed by atoms with Crippen LogP contribution in [0.15, 0.2) is 42.5 Å². The largest absolute Gasteiger partial charge is 0.496 e. The smallest absolute Gasteiger partial charge is 0.405 e. The Morgan fingerprint density at radius 1 is 1.29 bits per heavy atom. The van der Waals surface area contributed by atoms with E-state index in [0.717, 1.165) is 22.4 Å². The molecule has 1 amide bonds. The van der Waals surface area contributed by atoms with E-state index in [2.05, 4.69) is 5.32 Å². The van der Waals surface area contributed by atoms with Crippen LogP contribution in [0.3, 0.4) is 0 Å². The summed E-state index contributed by atoms with van der Waals surface area (Å²) in [7, 11) is 1.64. The van der Waals surface area contributed by atoms with E-state index in [1.165, 1.54) is 0 Å². The van der Waals surface area contributed by atoms with Gasteiger partial charge in [0, 0.05) is 16.5 Å². The normalized spacial score (nSPS) is 18.2. The number of methoxy groups -OCH3 is 1. The molecule has 24 heavy (non-hydrogen) atoms. The van der Waals surface area contributed by atoms with Gasteiger partial charge in [-0.1, -0.05) is 44.2 Å². The molecule has 0 radical (unpaired) electrons. The number of hydrogen-bond donors (Lipinski definition) is 2. The third-order valence-electron chi connectivity index (χ3n) is 4.39. The third-order valence-corrected chi connectivity index (χ3v) is 4.39. The summed E-state index contributed by atoms with van der Waals surface area (Å²) in [6.45, 7) is 4.43. The number of amides is 1. The number of benzene rings is 2. The maximum atomic E-state index is 11.2. The zero-order valence-corrected chi connectivity index (χ0v) is 14.0. The van der Waals surface area contributed by atoms with Crippen LogP contribution in [-0.4, -0.2) is 24.9 Å². The van der Waals surface area contributed by atoms with Crippen molar-refractivity contribution in [1.29, 1.82) is 0 Å². The Bertz CT molecular complexity index is 770. The number of para-hydroxylation sites is 1. The first-order chi connectivity index (χ1) is 11.4. The van der Waals surface area contributed by atoms with E-state index in [9.17, 15) is 4.79 Å². The zero-order valence-electron chi connectivity index (χ0n) is 14.0. The maximum absolute atomic E-state index is 11.2. The monoisotopic (exact) mass is 327 g/mol. The van der Waals surface area contributed by atoms with Gasteiger partial charge < -0.3 is 19.9 Å². The second-order valence-corrected chi connectivity index (χ2v) is 6.61. The van der Waals surface area contributed by atoms with Crippen LogP contribution in [0.1, 0.15) is 25.5 Å². The molecule has 126 valence electrons. The molecule has 0 spiro atoms. The maximum Gasteiger partial charge on any atom is 0.405 e. The molecule has 5 nitrogen and oxygen atoms in total. The van der Waals surface area contributed by atoms with Crippen molar-refractivity contribution in [1.82, 2.24) is 5.32 Å². The van der Waals surface area contributed by atoms with Gasteiger partial charge in [0.15, 0.2) is 0 Å². The minimum Gasteiger partial charge on any atom is -0.496 e. The van der Waals surface area contributed by atoms with Crippen molar-refractivity contribution in [3.8, 4) is 22.6 Å². The predicted molar refractivity (Wildman–Crippen MR) is 91.6 cm³/mol. The Morgan fingerprint density at radius 2 is 2.04 bits per heavy atom. The minimum atomic E-state index is -1.03. The number of carboxylic acid groups (broad SMARTS) is 1. The highest BCUT2D eigenvalue weighted by molar-refractivity contribution is 5.73. The average Bonchev–Trinajstić information content (AvgIpc) is 2.57. The fourth-order valence-electron chi connectivity index (χ4n) is 3.11. The fourth-order valence-corrected chi connectivity index (χ4v) is 3.11. The number of fused-ring (bicyclic) bond motifs is 1. The highest BCUT2D eigenvalue weighted by Gasteiger charge is 2.38. The van der Waals surface area contributed by atoms with Gasteiger partial charge in [0.25, 0.3) is 0 Å². The Kier molecular flexibility index (Phi) is 4.09. The SMILES string of the molecule is COc1ccccc1-c1ccc2c(c1)OCC(C)(C)C2NC(=O)O. The molecule has 2 aromatic carbocycles. The predicted octanol–water partition coefficient (Wildman–Crippen LogP) is 4.09. The van der Waals surface area contributed by atoms with Crippen molar-refractivity contribution in [3.05, 3.63) is 48.0 Å². The highest BCUT2D eigenvalue weighted by atomic mass is 16.5. The second kappa shape index (κ2) is 6.07. The molecule has 1 aliphatic heterocycles. The Hall–Kier alpha value is -2.69. The van der Waals surface area contributed by atoms with Crippen molar-refractivity contribution in [2.75, 3.05) is 13.7 Å². The molecule has 1 unspecified atom stereocenters. The Balaban J connectivity index is 2.04. The van der Waals surface area contributed by atoms with E-state index < -0.39 is 6.09 Å². The highest BCUT2D eigenvalue weighted by Crippen LogP contribution is 2.44. The lowest BCUT2D eigenvalue weighted by Crippen LogP contribution is -2.43. The van der Waals surface area contributed by atoms with Gasteiger partial charge in [0.05, 0.1) is 19.8 Å². The van der Waals surface area contributed by atoms with Crippen LogP contribution in [0.5, 0.6) is 11.5 Å². The lowest BCUT2D eigenvalue weighted by Gasteiger charge is -2.39. The van der Waals surface area contributed by atoms with Crippen LogP contribution in [0.2, 0.25) is 0 Å². The van der Waals surface area contributed by atoms with Gasteiger partial charge >= 0.3 is 6.09 Å². The number of nitrogens with one attached hydrogen (secondary N) is 1. The Labute approximate surface area is 141 Å². The van der Waals surface area contributed by atoms with Crippen molar-refractivity contribution in [2.45, 2.75) is 19.9 Å². The molecule has 0 aromatic heterocycles. The Morgan fingerprint density at radius 3 is 2.75 bits per heavy atom. The molecular weight excluding hydrogens is 306 g/mol. The molecule has 2 N–H and O–H groups in total. The lowest BCUT2D eigenvalue weighted by molar-refractivity contribution is 0.0996. The number of rotatable bonds is 3. The molecule has 2 aromatic rings. The number of ether oxygens (including phenoxy) is 2. The molecule has 0 saturated carbocycles. The molecule has 1 aliphatic rings. The summed E-state index contributed by atoms with van der Waals surface area (Å²) in [5.41, 5.74) is 2.48. The van der Waals surface area contributed by atoms with Gasteiger partial charge in [0.1, 0.15) is 11.5 Å². The molecule has 5 heteroatoms.